The van der Waals surface area contributed by atoms with E-state index in [9.17, 15) is 4.79 Å². The van der Waals surface area contributed by atoms with E-state index in [-0.39, 0.29) is 6.04 Å². The molecule has 0 spiro atoms. The molecule has 0 heterocycles. The molecule has 3 heteroatoms. The summed E-state index contributed by atoms with van der Waals surface area (Å²) in [5, 5.41) is 3.03. The quantitative estimate of drug-likeness (QED) is 0.439. The highest BCUT2D eigenvalue weighted by atomic mass is 16.1. The number of allylic oxidation sites excluding steroid dienone is 4. The first kappa shape index (κ1) is 18.4. The van der Waals surface area contributed by atoms with Crippen LogP contribution in [0.25, 0.3) is 5.57 Å². The molecule has 23 heavy (non-hydrogen) atoms. The average molecular weight is 308 g/mol. The second kappa shape index (κ2) is 9.42. The Hall–Kier alpha value is -2.61. The number of carbonyl (C=O) groups excluding carboxylic acids is 1. The molecule has 0 aliphatic carbocycles. The molecule has 0 saturated carbocycles. The fraction of sp³-hybridized carbons (Fsp3) is 0.200. The Bertz CT molecular complexity index is 662. The smallest absolute Gasteiger partial charge is 0.120 e. The first-order valence-corrected chi connectivity index (χ1v) is 7.44. The second-order valence-electron chi connectivity index (χ2n) is 5.30. The van der Waals surface area contributed by atoms with E-state index < -0.39 is 0 Å². The van der Waals surface area contributed by atoms with Crippen LogP contribution in [0.2, 0.25) is 0 Å². The molecule has 1 aromatic rings. The SMILES string of the molecule is C=C(C(=C\NC)/C=C(/CC=C=O)C(N)C(=C)C)c1ccccc1. The lowest BCUT2D eigenvalue weighted by atomic mass is 9.93. The van der Waals surface area contributed by atoms with Crippen molar-refractivity contribution in [1.82, 2.24) is 5.32 Å². The number of rotatable bonds is 8. The van der Waals surface area contributed by atoms with Crippen molar-refractivity contribution < 1.29 is 4.79 Å². The van der Waals surface area contributed by atoms with Crippen LogP contribution in [0.3, 0.4) is 0 Å². The van der Waals surface area contributed by atoms with Crippen molar-refractivity contribution in [3.8, 4) is 0 Å². The predicted molar refractivity (Wildman–Crippen MR) is 98.4 cm³/mol. The van der Waals surface area contributed by atoms with Gasteiger partial charge in [-0.05, 0) is 35.6 Å². The summed E-state index contributed by atoms with van der Waals surface area (Å²) in [4.78, 5) is 10.6. The molecule has 0 aliphatic rings. The Balaban J connectivity index is 3.25. The van der Waals surface area contributed by atoms with Gasteiger partial charge in [-0.1, -0.05) is 55.1 Å². The van der Waals surface area contributed by atoms with Crippen LogP contribution in [0.1, 0.15) is 18.9 Å². The van der Waals surface area contributed by atoms with Crippen LogP contribution in [-0.2, 0) is 4.79 Å². The van der Waals surface area contributed by atoms with Crippen molar-refractivity contribution in [3.05, 3.63) is 84.1 Å². The van der Waals surface area contributed by atoms with E-state index in [0.717, 1.165) is 27.9 Å². The van der Waals surface area contributed by atoms with Crippen molar-refractivity contribution in [2.75, 3.05) is 7.05 Å². The van der Waals surface area contributed by atoms with Crippen LogP contribution in [0.4, 0.5) is 0 Å². The van der Waals surface area contributed by atoms with Gasteiger partial charge in [0.25, 0.3) is 0 Å². The third kappa shape index (κ3) is 5.59. The summed E-state index contributed by atoms with van der Waals surface area (Å²) in [5.41, 5.74) is 10.7. The summed E-state index contributed by atoms with van der Waals surface area (Å²) >= 11 is 0. The molecular formula is C20H24N2O. The molecule has 0 saturated heterocycles. The maximum absolute atomic E-state index is 10.6. The largest absolute Gasteiger partial charge is 0.393 e. The van der Waals surface area contributed by atoms with Crippen molar-refractivity contribution in [1.29, 1.82) is 0 Å². The van der Waals surface area contributed by atoms with E-state index >= 15 is 0 Å². The fourth-order valence-electron chi connectivity index (χ4n) is 2.13. The topological polar surface area (TPSA) is 55.1 Å². The Morgan fingerprint density at radius 1 is 1.35 bits per heavy atom. The first-order chi connectivity index (χ1) is 11.0. The average Bonchev–Trinajstić information content (AvgIpc) is 2.57. The van der Waals surface area contributed by atoms with Gasteiger partial charge in [-0.2, -0.15) is 0 Å². The number of nitrogens with two attached hydrogens (primary N) is 1. The first-order valence-electron chi connectivity index (χ1n) is 7.44. The standard InChI is InChI=1S/C20H24N2O/c1-15(2)20(21)18(11-8-12-23)13-19(14-22-4)16(3)17-9-6-5-7-10-17/h5-10,13-14,20,22H,1,3,11,21H2,2,4H3/b18-13-,19-14-. The van der Waals surface area contributed by atoms with E-state index in [1.165, 1.54) is 6.08 Å². The van der Waals surface area contributed by atoms with Crippen molar-refractivity contribution in [3.63, 3.8) is 0 Å². The Labute approximate surface area is 138 Å². The third-order valence-corrected chi connectivity index (χ3v) is 3.46. The zero-order valence-electron chi connectivity index (χ0n) is 13.8. The second-order valence-corrected chi connectivity index (χ2v) is 5.30. The van der Waals surface area contributed by atoms with Crippen LogP contribution in [-0.4, -0.2) is 19.0 Å². The molecule has 0 bridgehead atoms. The minimum absolute atomic E-state index is 0.316. The van der Waals surface area contributed by atoms with Gasteiger partial charge in [-0.25, -0.2) is 4.79 Å². The van der Waals surface area contributed by atoms with Gasteiger partial charge in [0, 0.05) is 25.4 Å². The Morgan fingerprint density at radius 3 is 2.52 bits per heavy atom. The molecule has 1 aromatic carbocycles. The van der Waals surface area contributed by atoms with Gasteiger partial charge in [0.05, 0.1) is 0 Å². The van der Waals surface area contributed by atoms with Gasteiger partial charge in [0.15, 0.2) is 0 Å². The number of hydrogen-bond donors (Lipinski definition) is 2. The summed E-state index contributed by atoms with van der Waals surface area (Å²) in [6, 6.07) is 9.59. The maximum atomic E-state index is 10.6. The lowest BCUT2D eigenvalue weighted by molar-refractivity contribution is 0.568. The molecule has 3 nitrogen and oxygen atoms in total. The van der Waals surface area contributed by atoms with Gasteiger partial charge in [-0.3, -0.25) is 0 Å². The highest BCUT2D eigenvalue weighted by Crippen LogP contribution is 2.25. The summed E-state index contributed by atoms with van der Waals surface area (Å²) < 4.78 is 0. The van der Waals surface area contributed by atoms with Crippen molar-refractivity contribution >= 4 is 11.5 Å². The van der Waals surface area contributed by atoms with Gasteiger partial charge in [0.1, 0.15) is 5.94 Å². The van der Waals surface area contributed by atoms with Crippen LogP contribution in [0, 0.1) is 0 Å². The molecule has 120 valence electrons. The summed E-state index contributed by atoms with van der Waals surface area (Å²) in [5.74, 6) is 1.80. The molecular weight excluding hydrogens is 284 g/mol. The third-order valence-electron chi connectivity index (χ3n) is 3.46. The van der Waals surface area contributed by atoms with Crippen LogP contribution >= 0.6 is 0 Å². The highest BCUT2D eigenvalue weighted by molar-refractivity contribution is 5.80. The van der Waals surface area contributed by atoms with Crippen molar-refractivity contribution in [2.24, 2.45) is 5.73 Å². The fourth-order valence-corrected chi connectivity index (χ4v) is 2.13. The van der Waals surface area contributed by atoms with Gasteiger partial charge < -0.3 is 11.1 Å². The summed E-state index contributed by atoms with van der Waals surface area (Å²) in [6.45, 7) is 9.95. The minimum Gasteiger partial charge on any atom is -0.393 e. The van der Waals surface area contributed by atoms with E-state index in [1.807, 2.05) is 56.6 Å². The molecule has 3 N–H and O–H groups in total. The van der Waals surface area contributed by atoms with E-state index in [1.54, 1.807) is 5.94 Å². The van der Waals surface area contributed by atoms with Crippen LogP contribution < -0.4 is 11.1 Å². The van der Waals surface area contributed by atoms with E-state index in [2.05, 4.69) is 18.5 Å². The van der Waals surface area contributed by atoms with Crippen LogP contribution in [0.5, 0.6) is 0 Å². The lowest BCUT2D eigenvalue weighted by Gasteiger charge is -2.17. The van der Waals surface area contributed by atoms with E-state index in [0.29, 0.717) is 6.42 Å². The van der Waals surface area contributed by atoms with Gasteiger partial charge >= 0.3 is 0 Å². The Morgan fingerprint density at radius 2 is 2.00 bits per heavy atom. The van der Waals surface area contributed by atoms with E-state index in [4.69, 9.17) is 5.73 Å². The Kier molecular flexibility index (Phi) is 7.55. The molecule has 0 aromatic heterocycles. The normalized spacial score (nSPS) is 13.0. The van der Waals surface area contributed by atoms with Crippen LogP contribution in [0.15, 0.2) is 78.6 Å². The zero-order chi connectivity index (χ0) is 17.2. The molecule has 1 unspecified atom stereocenters. The zero-order valence-corrected chi connectivity index (χ0v) is 13.8. The molecule has 0 radical (unpaired) electrons. The molecule has 1 rings (SSSR count). The predicted octanol–water partition coefficient (Wildman–Crippen LogP) is 3.41. The highest BCUT2D eigenvalue weighted by Gasteiger charge is 2.11. The maximum Gasteiger partial charge on any atom is 0.120 e. The summed E-state index contributed by atoms with van der Waals surface area (Å²) in [6.07, 6.45) is 5.68. The molecule has 0 amide bonds. The number of hydrogen-bond acceptors (Lipinski definition) is 3. The minimum atomic E-state index is -0.316. The number of nitrogens with one attached hydrogen (secondary N) is 1. The number of benzene rings is 1. The van der Waals surface area contributed by atoms with Crippen molar-refractivity contribution in [2.45, 2.75) is 19.4 Å². The summed E-state index contributed by atoms with van der Waals surface area (Å²) in [7, 11) is 1.83. The lowest BCUT2D eigenvalue weighted by Crippen LogP contribution is -2.23. The molecule has 0 fully saturated rings. The van der Waals surface area contributed by atoms with Gasteiger partial charge in [-0.15, -0.1) is 0 Å². The molecule has 1 atom stereocenters. The monoisotopic (exact) mass is 308 g/mol. The van der Waals surface area contributed by atoms with Gasteiger partial charge in [0.2, 0.25) is 0 Å². The molecule has 0 aliphatic heterocycles.